The van der Waals surface area contributed by atoms with Gasteiger partial charge < -0.3 is 15.4 Å². The van der Waals surface area contributed by atoms with E-state index in [0.717, 1.165) is 18.3 Å². The molecular weight excluding hydrogens is 350 g/mol. The fraction of sp³-hybridized carbons (Fsp3) is 0.273. The first-order valence-electron chi connectivity index (χ1n) is 9.45. The van der Waals surface area contributed by atoms with E-state index in [9.17, 15) is 0 Å². The molecule has 2 aromatic carbocycles. The predicted octanol–water partition coefficient (Wildman–Crippen LogP) is 3.06. The van der Waals surface area contributed by atoms with Crippen LogP contribution in [0.3, 0.4) is 0 Å². The molecule has 6 heteroatoms. The second-order valence-electron chi connectivity index (χ2n) is 6.52. The third kappa shape index (κ3) is 5.87. The first-order chi connectivity index (χ1) is 13.7. The van der Waals surface area contributed by atoms with Crippen molar-refractivity contribution in [3.8, 4) is 5.75 Å². The first kappa shape index (κ1) is 19.5. The van der Waals surface area contributed by atoms with Crippen molar-refractivity contribution in [2.75, 3.05) is 13.6 Å². The molecule has 3 aromatic rings. The van der Waals surface area contributed by atoms with E-state index in [2.05, 4.69) is 45.0 Å². The van der Waals surface area contributed by atoms with Crippen molar-refractivity contribution >= 4 is 5.96 Å². The number of ether oxygens (including phenoxy) is 1. The van der Waals surface area contributed by atoms with Crippen LogP contribution >= 0.6 is 0 Å². The summed E-state index contributed by atoms with van der Waals surface area (Å²) in [6.07, 6.45) is 3.79. The molecule has 0 aliphatic carbocycles. The van der Waals surface area contributed by atoms with Crippen LogP contribution in [-0.2, 0) is 13.1 Å². The third-order valence-electron chi connectivity index (χ3n) is 4.32. The van der Waals surface area contributed by atoms with Gasteiger partial charge in [0, 0.05) is 26.0 Å². The quantitative estimate of drug-likeness (QED) is 0.468. The summed E-state index contributed by atoms with van der Waals surface area (Å²) in [5.74, 6) is 1.62. The van der Waals surface area contributed by atoms with Gasteiger partial charge in [-0.1, -0.05) is 42.5 Å². The number of nitrogens with one attached hydrogen (secondary N) is 2. The molecule has 0 spiro atoms. The number of hydrogen-bond donors (Lipinski definition) is 2. The van der Waals surface area contributed by atoms with Gasteiger partial charge in [-0.25, -0.2) is 0 Å². The molecule has 1 heterocycles. The Morgan fingerprint density at radius 2 is 1.79 bits per heavy atom. The number of nitrogens with zero attached hydrogens (tertiary/aromatic N) is 3. The molecule has 28 heavy (non-hydrogen) atoms. The summed E-state index contributed by atoms with van der Waals surface area (Å²) in [7, 11) is 1.77. The largest absolute Gasteiger partial charge is 0.489 e. The van der Waals surface area contributed by atoms with Crippen LogP contribution in [0.15, 0.2) is 78.0 Å². The predicted molar refractivity (Wildman–Crippen MR) is 113 cm³/mol. The van der Waals surface area contributed by atoms with Crippen LogP contribution in [0.4, 0.5) is 0 Å². The number of rotatable bonds is 8. The van der Waals surface area contributed by atoms with E-state index < -0.39 is 0 Å². The van der Waals surface area contributed by atoms with E-state index in [4.69, 9.17) is 4.74 Å². The summed E-state index contributed by atoms with van der Waals surface area (Å²) in [6, 6.07) is 20.1. The van der Waals surface area contributed by atoms with Crippen LogP contribution in [0.5, 0.6) is 5.75 Å². The SMILES string of the molecule is CN=C(NCc1ccccc1Cn1cccn1)NCC(C)Oc1ccccc1. The first-order valence-corrected chi connectivity index (χ1v) is 9.45. The molecule has 0 aliphatic rings. The molecule has 0 amide bonds. The van der Waals surface area contributed by atoms with Crippen LogP contribution in [0.25, 0.3) is 0 Å². The Morgan fingerprint density at radius 3 is 2.50 bits per heavy atom. The van der Waals surface area contributed by atoms with Crippen LogP contribution in [0.2, 0.25) is 0 Å². The molecule has 0 aliphatic heterocycles. The molecule has 0 radical (unpaired) electrons. The molecular formula is C22H27N5O. The molecule has 1 aromatic heterocycles. The van der Waals surface area contributed by atoms with Crippen LogP contribution in [0, 0.1) is 0 Å². The minimum absolute atomic E-state index is 0.0213. The van der Waals surface area contributed by atoms with Gasteiger partial charge in [0.15, 0.2) is 5.96 Å². The van der Waals surface area contributed by atoms with Gasteiger partial charge in [0.25, 0.3) is 0 Å². The van der Waals surface area contributed by atoms with E-state index in [-0.39, 0.29) is 6.10 Å². The zero-order valence-electron chi connectivity index (χ0n) is 16.4. The van der Waals surface area contributed by atoms with E-state index in [1.165, 1.54) is 11.1 Å². The van der Waals surface area contributed by atoms with Crippen molar-refractivity contribution in [1.82, 2.24) is 20.4 Å². The molecule has 6 nitrogen and oxygen atoms in total. The number of para-hydroxylation sites is 1. The Balaban J connectivity index is 1.50. The minimum atomic E-state index is 0.0213. The summed E-state index contributed by atoms with van der Waals surface area (Å²) in [6.45, 7) is 4.13. The van der Waals surface area contributed by atoms with Crippen molar-refractivity contribution in [3.05, 3.63) is 84.2 Å². The summed E-state index contributed by atoms with van der Waals surface area (Å²) in [5, 5.41) is 11.0. The van der Waals surface area contributed by atoms with Crippen molar-refractivity contribution in [3.63, 3.8) is 0 Å². The molecule has 1 unspecified atom stereocenters. The van der Waals surface area contributed by atoms with Gasteiger partial charge in [-0.15, -0.1) is 0 Å². The fourth-order valence-corrected chi connectivity index (χ4v) is 2.87. The highest BCUT2D eigenvalue weighted by atomic mass is 16.5. The van der Waals surface area contributed by atoms with Crippen molar-refractivity contribution < 1.29 is 4.74 Å². The van der Waals surface area contributed by atoms with Gasteiger partial charge in [0.2, 0.25) is 0 Å². The Morgan fingerprint density at radius 1 is 1.04 bits per heavy atom. The lowest BCUT2D eigenvalue weighted by Crippen LogP contribution is -2.41. The monoisotopic (exact) mass is 377 g/mol. The highest BCUT2D eigenvalue weighted by Crippen LogP contribution is 2.11. The van der Waals surface area contributed by atoms with Crippen molar-refractivity contribution in [2.24, 2.45) is 4.99 Å². The molecule has 2 N–H and O–H groups in total. The van der Waals surface area contributed by atoms with Gasteiger partial charge in [-0.05, 0) is 36.2 Å². The van der Waals surface area contributed by atoms with E-state index >= 15 is 0 Å². The average Bonchev–Trinajstić information content (AvgIpc) is 3.23. The van der Waals surface area contributed by atoms with Crippen LogP contribution in [-0.4, -0.2) is 35.4 Å². The molecule has 1 atom stereocenters. The molecule has 0 saturated heterocycles. The standard InChI is InChI=1S/C22H27N5O/c1-18(28-21-11-4-3-5-12-21)15-24-22(23-2)25-16-19-9-6-7-10-20(19)17-27-14-8-13-26-27/h3-14,18H,15-17H2,1-2H3,(H2,23,24,25). The number of guanidine groups is 1. The maximum absolute atomic E-state index is 5.89. The Kier molecular flexibility index (Phi) is 7.07. The van der Waals surface area contributed by atoms with Gasteiger partial charge in [0.1, 0.15) is 11.9 Å². The summed E-state index contributed by atoms with van der Waals surface area (Å²) < 4.78 is 7.82. The van der Waals surface area contributed by atoms with Gasteiger partial charge in [0.05, 0.1) is 13.1 Å². The normalized spacial score (nSPS) is 12.4. The molecule has 0 bridgehead atoms. The smallest absolute Gasteiger partial charge is 0.191 e. The van der Waals surface area contributed by atoms with Crippen LogP contribution < -0.4 is 15.4 Å². The maximum atomic E-state index is 5.89. The lowest BCUT2D eigenvalue weighted by molar-refractivity contribution is 0.224. The zero-order valence-corrected chi connectivity index (χ0v) is 16.4. The lowest BCUT2D eigenvalue weighted by atomic mass is 10.1. The van der Waals surface area contributed by atoms with E-state index in [1.807, 2.05) is 54.2 Å². The number of aromatic nitrogens is 2. The number of benzene rings is 2. The van der Waals surface area contributed by atoms with Crippen LogP contribution in [0.1, 0.15) is 18.1 Å². The molecule has 3 rings (SSSR count). The van der Waals surface area contributed by atoms with E-state index in [0.29, 0.717) is 13.1 Å². The van der Waals surface area contributed by atoms with Gasteiger partial charge in [-0.3, -0.25) is 9.67 Å². The lowest BCUT2D eigenvalue weighted by Gasteiger charge is -2.18. The van der Waals surface area contributed by atoms with Crippen molar-refractivity contribution in [2.45, 2.75) is 26.1 Å². The second kappa shape index (κ2) is 10.2. The number of hydrogen-bond acceptors (Lipinski definition) is 3. The second-order valence-corrected chi connectivity index (χ2v) is 6.52. The molecule has 0 saturated carbocycles. The topological polar surface area (TPSA) is 63.5 Å². The Labute approximate surface area is 166 Å². The van der Waals surface area contributed by atoms with Crippen molar-refractivity contribution in [1.29, 1.82) is 0 Å². The summed E-state index contributed by atoms with van der Waals surface area (Å²) in [5.41, 5.74) is 2.45. The third-order valence-corrected chi connectivity index (χ3v) is 4.32. The highest BCUT2D eigenvalue weighted by molar-refractivity contribution is 5.79. The molecule has 146 valence electrons. The van der Waals surface area contributed by atoms with E-state index in [1.54, 1.807) is 13.2 Å². The maximum Gasteiger partial charge on any atom is 0.191 e. The molecule has 0 fully saturated rings. The highest BCUT2D eigenvalue weighted by Gasteiger charge is 2.07. The average molecular weight is 377 g/mol. The summed E-state index contributed by atoms with van der Waals surface area (Å²) in [4.78, 5) is 4.31. The van der Waals surface area contributed by atoms with Gasteiger partial charge >= 0.3 is 0 Å². The fourth-order valence-electron chi connectivity index (χ4n) is 2.87. The van der Waals surface area contributed by atoms with Gasteiger partial charge in [-0.2, -0.15) is 5.10 Å². The number of aliphatic imine (C=N–C) groups is 1. The summed E-state index contributed by atoms with van der Waals surface area (Å²) >= 11 is 0. The Hall–Kier alpha value is -3.28. The minimum Gasteiger partial charge on any atom is -0.489 e. The zero-order chi connectivity index (χ0) is 19.6. The Bertz CT molecular complexity index is 862.